The standard InChI is InChI=1S/C26H29NO4/c1-5-31-26-19-13-14-27-25(18(19)11-12-22(26)28-2)21-16-23(29-3)20(15-24(21)30-4)17-9-7-6-8-10-17/h6-12,15-16,25,27H,5,13-14H2,1-4H3. The van der Waals surface area contributed by atoms with Crippen molar-refractivity contribution in [2.45, 2.75) is 19.4 Å². The number of hydrogen-bond donors (Lipinski definition) is 1. The van der Waals surface area contributed by atoms with Crippen LogP contribution in [0.2, 0.25) is 0 Å². The minimum atomic E-state index is -0.0393. The van der Waals surface area contributed by atoms with Crippen LogP contribution in [0.3, 0.4) is 0 Å². The Kier molecular flexibility index (Phi) is 6.33. The molecule has 0 bridgehead atoms. The van der Waals surface area contributed by atoms with Crippen molar-refractivity contribution in [2.75, 3.05) is 34.5 Å². The van der Waals surface area contributed by atoms with Crippen LogP contribution < -0.4 is 24.3 Å². The van der Waals surface area contributed by atoms with Crippen LogP contribution in [0, 0.1) is 0 Å². The van der Waals surface area contributed by atoms with Crippen LogP contribution in [0.4, 0.5) is 0 Å². The predicted octanol–water partition coefficient (Wildman–Crippen LogP) is 5.01. The maximum Gasteiger partial charge on any atom is 0.164 e. The van der Waals surface area contributed by atoms with Crippen molar-refractivity contribution in [2.24, 2.45) is 0 Å². The fraction of sp³-hybridized carbons (Fsp3) is 0.308. The normalized spacial score (nSPS) is 15.2. The molecule has 1 aliphatic rings. The van der Waals surface area contributed by atoms with Crippen LogP contribution in [0.1, 0.15) is 29.7 Å². The summed E-state index contributed by atoms with van der Waals surface area (Å²) in [5, 5.41) is 3.65. The Hall–Kier alpha value is -3.18. The fourth-order valence-corrected chi connectivity index (χ4v) is 4.33. The molecule has 0 spiro atoms. The summed E-state index contributed by atoms with van der Waals surface area (Å²) in [5.74, 6) is 3.24. The average Bonchev–Trinajstić information content (AvgIpc) is 2.83. The summed E-state index contributed by atoms with van der Waals surface area (Å²) < 4.78 is 23.2. The van der Waals surface area contributed by atoms with Gasteiger partial charge in [0.2, 0.25) is 0 Å². The lowest BCUT2D eigenvalue weighted by Crippen LogP contribution is -2.31. The number of methoxy groups -OCH3 is 3. The maximum absolute atomic E-state index is 5.98. The number of ether oxygens (including phenoxy) is 4. The third kappa shape index (κ3) is 3.93. The molecule has 4 rings (SSSR count). The molecule has 0 fully saturated rings. The second kappa shape index (κ2) is 9.31. The van der Waals surface area contributed by atoms with E-state index in [1.807, 2.05) is 31.2 Å². The van der Waals surface area contributed by atoms with Crippen LogP contribution in [-0.4, -0.2) is 34.5 Å². The molecule has 0 saturated heterocycles. The summed E-state index contributed by atoms with van der Waals surface area (Å²) in [6.07, 6.45) is 0.875. The minimum Gasteiger partial charge on any atom is -0.496 e. The van der Waals surface area contributed by atoms with Gasteiger partial charge >= 0.3 is 0 Å². The Bertz CT molecular complexity index is 1050. The van der Waals surface area contributed by atoms with E-state index in [-0.39, 0.29) is 6.04 Å². The van der Waals surface area contributed by atoms with Gasteiger partial charge < -0.3 is 24.3 Å². The molecule has 1 heterocycles. The van der Waals surface area contributed by atoms with E-state index in [4.69, 9.17) is 18.9 Å². The fourth-order valence-electron chi connectivity index (χ4n) is 4.33. The molecule has 5 heteroatoms. The first-order valence-corrected chi connectivity index (χ1v) is 10.6. The van der Waals surface area contributed by atoms with Crippen LogP contribution in [0.25, 0.3) is 11.1 Å². The molecule has 162 valence electrons. The molecule has 0 aliphatic carbocycles. The van der Waals surface area contributed by atoms with E-state index >= 15 is 0 Å². The van der Waals surface area contributed by atoms with Crippen molar-refractivity contribution >= 4 is 0 Å². The van der Waals surface area contributed by atoms with Gasteiger partial charge in [0.25, 0.3) is 0 Å². The highest BCUT2D eigenvalue weighted by Crippen LogP contribution is 2.44. The molecular weight excluding hydrogens is 390 g/mol. The van der Waals surface area contributed by atoms with E-state index in [0.717, 1.165) is 52.7 Å². The third-order valence-electron chi connectivity index (χ3n) is 5.75. The number of benzene rings is 3. The van der Waals surface area contributed by atoms with Crippen molar-refractivity contribution in [1.82, 2.24) is 5.32 Å². The Morgan fingerprint density at radius 3 is 2.26 bits per heavy atom. The number of hydrogen-bond acceptors (Lipinski definition) is 5. The highest BCUT2D eigenvalue weighted by atomic mass is 16.5. The van der Waals surface area contributed by atoms with Gasteiger partial charge in [0.05, 0.1) is 34.0 Å². The molecule has 0 amide bonds. The molecule has 1 N–H and O–H groups in total. The molecule has 3 aromatic rings. The third-order valence-corrected chi connectivity index (χ3v) is 5.75. The van der Waals surface area contributed by atoms with Crippen LogP contribution in [-0.2, 0) is 6.42 Å². The molecule has 1 unspecified atom stereocenters. The van der Waals surface area contributed by atoms with E-state index in [1.165, 1.54) is 11.1 Å². The Balaban J connectivity index is 1.85. The lowest BCUT2D eigenvalue weighted by molar-refractivity contribution is 0.305. The van der Waals surface area contributed by atoms with E-state index in [0.29, 0.717) is 6.61 Å². The Labute approximate surface area is 183 Å². The van der Waals surface area contributed by atoms with Crippen LogP contribution in [0.5, 0.6) is 23.0 Å². The molecule has 31 heavy (non-hydrogen) atoms. The molecule has 5 nitrogen and oxygen atoms in total. The number of fused-ring (bicyclic) bond motifs is 1. The van der Waals surface area contributed by atoms with Gasteiger partial charge in [0, 0.05) is 23.2 Å². The summed E-state index contributed by atoms with van der Waals surface area (Å²) in [4.78, 5) is 0. The first-order valence-electron chi connectivity index (χ1n) is 10.6. The van der Waals surface area contributed by atoms with Gasteiger partial charge in [-0.2, -0.15) is 0 Å². The van der Waals surface area contributed by atoms with Crippen molar-refractivity contribution in [1.29, 1.82) is 0 Å². The topological polar surface area (TPSA) is 49.0 Å². The van der Waals surface area contributed by atoms with Crippen molar-refractivity contribution in [3.63, 3.8) is 0 Å². The molecule has 0 saturated carbocycles. The minimum absolute atomic E-state index is 0.0393. The Morgan fingerprint density at radius 1 is 0.839 bits per heavy atom. The van der Waals surface area contributed by atoms with Gasteiger partial charge in [0.15, 0.2) is 11.5 Å². The second-order valence-corrected chi connectivity index (χ2v) is 7.40. The lowest BCUT2D eigenvalue weighted by atomic mass is 9.87. The van der Waals surface area contributed by atoms with Gasteiger partial charge in [-0.05, 0) is 42.7 Å². The predicted molar refractivity (Wildman–Crippen MR) is 123 cm³/mol. The molecular formula is C26H29NO4. The summed E-state index contributed by atoms with van der Waals surface area (Å²) in [5.41, 5.74) is 5.48. The average molecular weight is 420 g/mol. The molecule has 1 aliphatic heterocycles. The zero-order valence-electron chi connectivity index (χ0n) is 18.5. The van der Waals surface area contributed by atoms with Crippen LogP contribution in [0.15, 0.2) is 54.6 Å². The largest absolute Gasteiger partial charge is 0.496 e. The van der Waals surface area contributed by atoms with Crippen molar-refractivity contribution < 1.29 is 18.9 Å². The smallest absolute Gasteiger partial charge is 0.164 e. The summed E-state index contributed by atoms with van der Waals surface area (Å²) in [6.45, 7) is 3.41. The molecule has 0 radical (unpaired) electrons. The van der Waals surface area contributed by atoms with Crippen molar-refractivity contribution in [3.05, 3.63) is 71.3 Å². The highest BCUT2D eigenvalue weighted by Gasteiger charge is 2.29. The van der Waals surface area contributed by atoms with Crippen LogP contribution >= 0.6 is 0 Å². The quantitative estimate of drug-likeness (QED) is 0.583. The second-order valence-electron chi connectivity index (χ2n) is 7.40. The highest BCUT2D eigenvalue weighted by molar-refractivity contribution is 5.74. The Morgan fingerprint density at radius 2 is 1.58 bits per heavy atom. The number of rotatable bonds is 7. The summed E-state index contributed by atoms with van der Waals surface area (Å²) >= 11 is 0. The van der Waals surface area contributed by atoms with E-state index in [9.17, 15) is 0 Å². The van der Waals surface area contributed by atoms with E-state index in [1.54, 1.807) is 21.3 Å². The summed E-state index contributed by atoms with van der Waals surface area (Å²) in [6, 6.07) is 18.4. The van der Waals surface area contributed by atoms with E-state index < -0.39 is 0 Å². The van der Waals surface area contributed by atoms with E-state index in [2.05, 4.69) is 35.6 Å². The molecule has 3 aromatic carbocycles. The van der Waals surface area contributed by atoms with Crippen molar-refractivity contribution in [3.8, 4) is 34.1 Å². The van der Waals surface area contributed by atoms with Gasteiger partial charge in [-0.1, -0.05) is 36.4 Å². The maximum atomic E-state index is 5.98. The molecule has 0 aromatic heterocycles. The monoisotopic (exact) mass is 419 g/mol. The summed E-state index contributed by atoms with van der Waals surface area (Å²) in [7, 11) is 5.10. The number of nitrogens with one attached hydrogen (secondary N) is 1. The van der Waals surface area contributed by atoms with Gasteiger partial charge in [-0.15, -0.1) is 0 Å². The zero-order valence-corrected chi connectivity index (χ0v) is 18.5. The van der Waals surface area contributed by atoms with Gasteiger partial charge in [0.1, 0.15) is 11.5 Å². The first-order chi connectivity index (χ1) is 15.2. The molecule has 1 atom stereocenters. The first kappa shape index (κ1) is 21.1. The zero-order chi connectivity index (χ0) is 21.8. The SMILES string of the molecule is CCOc1c(OC)ccc2c1CCNC2c1cc(OC)c(-c2ccccc2)cc1OC. The van der Waals surface area contributed by atoms with Gasteiger partial charge in [-0.25, -0.2) is 0 Å². The lowest BCUT2D eigenvalue weighted by Gasteiger charge is -2.31. The van der Waals surface area contributed by atoms with Gasteiger partial charge in [-0.3, -0.25) is 0 Å².